The third kappa shape index (κ3) is 4.26. The molecule has 3 aromatic rings. The van der Waals surface area contributed by atoms with E-state index in [4.69, 9.17) is 0 Å². The van der Waals surface area contributed by atoms with Crippen LogP contribution in [0.25, 0.3) is 11.3 Å². The summed E-state index contributed by atoms with van der Waals surface area (Å²) in [6.45, 7) is 3.65. The molecule has 2 aliphatic rings. The lowest BCUT2D eigenvalue weighted by molar-refractivity contribution is -0.919. The number of aromatic nitrogens is 2. The Kier molecular flexibility index (Phi) is 5.55. The predicted molar refractivity (Wildman–Crippen MR) is 117 cm³/mol. The number of likely N-dealkylation sites (tertiary alicyclic amines) is 1. The Labute approximate surface area is 181 Å². The van der Waals surface area contributed by atoms with Crippen LogP contribution in [0.1, 0.15) is 40.0 Å². The van der Waals surface area contributed by atoms with E-state index in [0.29, 0.717) is 18.2 Å². The van der Waals surface area contributed by atoms with Crippen LogP contribution in [0.2, 0.25) is 0 Å². The van der Waals surface area contributed by atoms with Gasteiger partial charge in [0.15, 0.2) is 0 Å². The number of halogens is 1. The molecule has 2 heterocycles. The molecule has 160 valence electrons. The van der Waals surface area contributed by atoms with Crippen molar-refractivity contribution in [2.75, 3.05) is 19.6 Å². The van der Waals surface area contributed by atoms with Crippen molar-refractivity contribution < 1.29 is 14.1 Å². The lowest BCUT2D eigenvalue weighted by atomic mass is 9.89. The summed E-state index contributed by atoms with van der Waals surface area (Å²) in [5.74, 6) is 0.265. The van der Waals surface area contributed by atoms with Crippen molar-refractivity contribution in [2.24, 2.45) is 5.92 Å². The minimum absolute atomic E-state index is 0.0531. The van der Waals surface area contributed by atoms with Crippen LogP contribution < -0.4 is 10.2 Å². The minimum atomic E-state index is -0.168. The summed E-state index contributed by atoms with van der Waals surface area (Å²) >= 11 is 0. The number of carbonyl (C=O) groups excluding carboxylic acids is 1. The quantitative estimate of drug-likeness (QED) is 0.595. The lowest BCUT2D eigenvalue weighted by Gasteiger charge is -2.29. The Hall–Kier alpha value is -2.99. The minimum Gasteiger partial charge on any atom is -0.350 e. The average Bonchev–Trinajstić information content (AvgIpc) is 3.23. The number of quaternary nitrogens is 1. The highest BCUT2D eigenvalue weighted by Crippen LogP contribution is 2.33. The molecule has 0 radical (unpaired) electrons. The normalized spacial score (nSPS) is 20.0. The van der Waals surface area contributed by atoms with Gasteiger partial charge in [-0.3, -0.25) is 9.89 Å². The van der Waals surface area contributed by atoms with Crippen LogP contribution in [0.15, 0.2) is 48.5 Å². The molecule has 3 N–H and O–H groups in total. The first kappa shape index (κ1) is 19.9. The van der Waals surface area contributed by atoms with E-state index in [2.05, 4.69) is 33.7 Å². The third-order valence-electron chi connectivity index (χ3n) is 6.72. The number of amides is 1. The van der Waals surface area contributed by atoms with Crippen molar-refractivity contribution in [2.45, 2.75) is 32.2 Å². The smallest absolute Gasteiger partial charge is 0.269 e. The number of aromatic amines is 1. The van der Waals surface area contributed by atoms with Gasteiger partial charge in [-0.1, -0.05) is 36.4 Å². The van der Waals surface area contributed by atoms with Crippen molar-refractivity contribution in [1.29, 1.82) is 0 Å². The number of hydrogen-bond donors (Lipinski definition) is 3. The summed E-state index contributed by atoms with van der Waals surface area (Å²) in [4.78, 5) is 14.3. The zero-order valence-corrected chi connectivity index (χ0v) is 17.6. The van der Waals surface area contributed by atoms with Crippen LogP contribution in [0, 0.1) is 11.7 Å². The van der Waals surface area contributed by atoms with E-state index in [1.165, 1.54) is 16.5 Å². The van der Waals surface area contributed by atoms with E-state index >= 15 is 0 Å². The van der Waals surface area contributed by atoms with Gasteiger partial charge in [0, 0.05) is 36.1 Å². The number of H-pyrrole nitrogens is 1. The Bertz CT molecular complexity index is 1080. The summed E-state index contributed by atoms with van der Waals surface area (Å²) in [6.07, 6.45) is 3.92. The molecule has 1 amide bonds. The van der Waals surface area contributed by atoms with Crippen molar-refractivity contribution in [3.8, 4) is 11.3 Å². The molecule has 31 heavy (non-hydrogen) atoms. The summed E-state index contributed by atoms with van der Waals surface area (Å²) < 4.78 is 13.4. The van der Waals surface area contributed by atoms with Crippen LogP contribution >= 0.6 is 0 Å². The highest BCUT2D eigenvalue weighted by molar-refractivity contribution is 5.96. The van der Waals surface area contributed by atoms with Gasteiger partial charge in [0.2, 0.25) is 0 Å². The van der Waals surface area contributed by atoms with Gasteiger partial charge in [-0.25, -0.2) is 4.39 Å². The van der Waals surface area contributed by atoms with Crippen molar-refractivity contribution in [1.82, 2.24) is 15.5 Å². The molecule has 0 unspecified atom stereocenters. The number of hydrogen-bond acceptors (Lipinski definition) is 2. The Morgan fingerprint density at radius 3 is 2.81 bits per heavy atom. The molecule has 0 saturated carbocycles. The molecule has 5 nitrogen and oxygen atoms in total. The van der Waals surface area contributed by atoms with E-state index < -0.39 is 0 Å². The molecule has 2 aromatic carbocycles. The van der Waals surface area contributed by atoms with Gasteiger partial charge in [0.25, 0.3) is 5.91 Å². The summed E-state index contributed by atoms with van der Waals surface area (Å²) in [6, 6.07) is 15.2. The van der Waals surface area contributed by atoms with Gasteiger partial charge in [0.1, 0.15) is 18.1 Å². The number of nitrogens with one attached hydrogen (secondary N) is 3. The Morgan fingerprint density at radius 1 is 1.13 bits per heavy atom. The third-order valence-corrected chi connectivity index (χ3v) is 6.72. The van der Waals surface area contributed by atoms with Crippen LogP contribution in [-0.2, 0) is 19.4 Å². The number of fused-ring (bicyclic) bond motifs is 3. The SMILES string of the molecule is O=C(NCC1CC[NH+](Cc2cccc(F)c2)CC1)c1[nH]nc2c1CCc1ccccc1-2. The van der Waals surface area contributed by atoms with Crippen LogP contribution in [0.5, 0.6) is 0 Å². The highest BCUT2D eigenvalue weighted by Gasteiger charge is 2.27. The van der Waals surface area contributed by atoms with Crippen LogP contribution in [0.3, 0.4) is 0 Å². The fourth-order valence-electron chi connectivity index (χ4n) is 4.98. The second-order valence-electron chi connectivity index (χ2n) is 8.79. The first-order valence-electron chi connectivity index (χ1n) is 11.2. The zero-order valence-electron chi connectivity index (χ0n) is 17.6. The fourth-order valence-corrected chi connectivity index (χ4v) is 4.98. The number of piperidine rings is 1. The maximum absolute atomic E-state index is 13.4. The monoisotopic (exact) mass is 419 g/mol. The maximum atomic E-state index is 13.4. The van der Waals surface area contributed by atoms with E-state index in [0.717, 1.165) is 67.7 Å². The van der Waals surface area contributed by atoms with Crippen molar-refractivity contribution in [3.05, 3.63) is 76.7 Å². The second-order valence-corrected chi connectivity index (χ2v) is 8.79. The zero-order chi connectivity index (χ0) is 21.2. The summed E-state index contributed by atoms with van der Waals surface area (Å²) in [5.41, 5.74) is 6.03. The number of carbonyl (C=O) groups is 1. The van der Waals surface area contributed by atoms with Crippen molar-refractivity contribution >= 4 is 5.91 Å². The second kappa shape index (κ2) is 8.63. The standard InChI is InChI=1S/C25H27FN4O/c26-20-6-3-4-18(14-20)16-30-12-10-17(11-13-30)15-27-25(31)24-22-9-8-19-5-1-2-7-21(19)23(22)28-29-24/h1-7,14,17H,8-13,15-16H2,(H,27,31)(H,28,29)/p+1. The summed E-state index contributed by atoms with van der Waals surface area (Å²) in [5, 5.41) is 10.6. The molecule has 1 fully saturated rings. The average molecular weight is 420 g/mol. The molecule has 6 heteroatoms. The van der Waals surface area contributed by atoms with Gasteiger partial charge in [-0.2, -0.15) is 5.10 Å². The molecular formula is C25H28FN4O+. The fraction of sp³-hybridized carbons (Fsp3) is 0.360. The van der Waals surface area contributed by atoms with Crippen LogP contribution in [0.4, 0.5) is 4.39 Å². The van der Waals surface area contributed by atoms with Gasteiger partial charge in [-0.05, 0) is 36.5 Å². The molecule has 0 atom stereocenters. The predicted octanol–water partition coefficient (Wildman–Crippen LogP) is 2.54. The van der Waals surface area contributed by atoms with E-state index in [9.17, 15) is 9.18 Å². The van der Waals surface area contributed by atoms with Gasteiger partial charge >= 0.3 is 0 Å². The van der Waals surface area contributed by atoms with Crippen LogP contribution in [-0.4, -0.2) is 35.7 Å². The Morgan fingerprint density at radius 2 is 1.97 bits per heavy atom. The number of benzene rings is 2. The van der Waals surface area contributed by atoms with E-state index in [1.54, 1.807) is 12.1 Å². The topological polar surface area (TPSA) is 62.2 Å². The molecule has 0 spiro atoms. The maximum Gasteiger partial charge on any atom is 0.269 e. The molecule has 1 aliphatic carbocycles. The van der Waals surface area contributed by atoms with Gasteiger partial charge in [-0.15, -0.1) is 0 Å². The number of aryl methyl sites for hydroxylation is 1. The summed E-state index contributed by atoms with van der Waals surface area (Å²) in [7, 11) is 0. The molecule has 5 rings (SSSR count). The molecule has 1 aliphatic heterocycles. The van der Waals surface area contributed by atoms with Gasteiger partial charge < -0.3 is 10.2 Å². The largest absolute Gasteiger partial charge is 0.350 e. The Balaban J connectivity index is 1.14. The first-order chi connectivity index (χ1) is 15.2. The highest BCUT2D eigenvalue weighted by atomic mass is 19.1. The number of nitrogens with zero attached hydrogens (tertiary/aromatic N) is 1. The lowest BCUT2D eigenvalue weighted by Crippen LogP contribution is -3.11. The molecule has 1 aromatic heterocycles. The molecule has 1 saturated heterocycles. The van der Waals surface area contributed by atoms with E-state index in [-0.39, 0.29) is 11.7 Å². The van der Waals surface area contributed by atoms with Gasteiger partial charge in [0.05, 0.1) is 18.8 Å². The van der Waals surface area contributed by atoms with Crippen molar-refractivity contribution in [3.63, 3.8) is 0 Å². The molecular weight excluding hydrogens is 391 g/mol. The molecule has 0 bridgehead atoms. The van der Waals surface area contributed by atoms with E-state index in [1.807, 2.05) is 12.1 Å². The number of rotatable bonds is 5. The first-order valence-corrected chi connectivity index (χ1v) is 11.2.